The lowest BCUT2D eigenvalue weighted by atomic mass is 10.1. The lowest BCUT2D eigenvalue weighted by Gasteiger charge is -2.27. The van der Waals surface area contributed by atoms with Crippen molar-refractivity contribution in [3.8, 4) is 0 Å². The molecule has 0 radical (unpaired) electrons. The Labute approximate surface area is 97.6 Å². The molecule has 1 saturated heterocycles. The first-order chi connectivity index (χ1) is 7.70. The Hall–Kier alpha value is -0.610. The average Bonchev–Trinajstić information content (AvgIpc) is 2.73. The van der Waals surface area contributed by atoms with Crippen molar-refractivity contribution in [2.45, 2.75) is 51.7 Å². The highest BCUT2D eigenvalue weighted by atomic mass is 16.5. The van der Waals surface area contributed by atoms with Crippen LogP contribution in [0.1, 0.15) is 39.5 Å². The van der Waals surface area contributed by atoms with Crippen LogP contribution in [-0.4, -0.2) is 47.8 Å². The summed E-state index contributed by atoms with van der Waals surface area (Å²) in [7, 11) is 0. The maximum absolute atomic E-state index is 12.0. The van der Waals surface area contributed by atoms with Gasteiger partial charge >= 0.3 is 0 Å². The van der Waals surface area contributed by atoms with Crippen molar-refractivity contribution in [3.05, 3.63) is 0 Å². The molecule has 1 aliphatic rings. The first-order valence-corrected chi connectivity index (χ1v) is 6.23. The summed E-state index contributed by atoms with van der Waals surface area (Å²) in [5.41, 5.74) is 0. The molecule has 0 aromatic heterocycles. The van der Waals surface area contributed by atoms with E-state index in [9.17, 15) is 4.79 Å². The monoisotopic (exact) mass is 229 g/mol. The predicted molar refractivity (Wildman–Crippen MR) is 62.1 cm³/mol. The Morgan fingerprint density at radius 3 is 3.00 bits per heavy atom. The third-order valence-electron chi connectivity index (χ3n) is 3.12. The standard InChI is InChI=1S/C12H23NO3/c1-3-16-10(2)12(15)13-8-4-6-11(13)7-5-9-14/h10-11,14H,3-9H2,1-2H3. The lowest BCUT2D eigenvalue weighted by Crippen LogP contribution is -2.42. The molecule has 0 spiro atoms. The van der Waals surface area contributed by atoms with Crippen LogP contribution < -0.4 is 0 Å². The van der Waals surface area contributed by atoms with E-state index in [0.29, 0.717) is 12.6 Å². The Kier molecular flexibility index (Phi) is 5.77. The Morgan fingerprint density at radius 1 is 1.62 bits per heavy atom. The fourth-order valence-corrected chi connectivity index (χ4v) is 2.31. The number of ether oxygens (including phenoxy) is 1. The van der Waals surface area contributed by atoms with Gasteiger partial charge in [0.15, 0.2) is 0 Å². The zero-order chi connectivity index (χ0) is 12.0. The largest absolute Gasteiger partial charge is 0.396 e. The van der Waals surface area contributed by atoms with Gasteiger partial charge in [0, 0.05) is 25.8 Å². The van der Waals surface area contributed by atoms with Crippen LogP contribution >= 0.6 is 0 Å². The number of aliphatic hydroxyl groups is 1. The summed E-state index contributed by atoms with van der Waals surface area (Å²) in [6.45, 7) is 5.33. The molecule has 94 valence electrons. The van der Waals surface area contributed by atoms with Gasteiger partial charge in [0.05, 0.1) is 0 Å². The molecule has 0 aliphatic carbocycles. The van der Waals surface area contributed by atoms with Gasteiger partial charge < -0.3 is 14.7 Å². The number of amides is 1. The molecule has 1 fully saturated rings. The summed E-state index contributed by atoms with van der Waals surface area (Å²) in [5, 5.41) is 8.82. The van der Waals surface area contributed by atoms with Crippen molar-refractivity contribution < 1.29 is 14.6 Å². The number of likely N-dealkylation sites (tertiary alicyclic amines) is 1. The minimum Gasteiger partial charge on any atom is -0.396 e. The third kappa shape index (κ3) is 3.46. The summed E-state index contributed by atoms with van der Waals surface area (Å²) >= 11 is 0. The second-order valence-electron chi connectivity index (χ2n) is 4.29. The van der Waals surface area contributed by atoms with Crippen molar-refractivity contribution >= 4 is 5.91 Å². The SMILES string of the molecule is CCOC(C)C(=O)N1CCCC1CCCO. The number of hydrogen-bond acceptors (Lipinski definition) is 3. The molecule has 1 heterocycles. The molecule has 4 nitrogen and oxygen atoms in total. The van der Waals surface area contributed by atoms with E-state index in [4.69, 9.17) is 9.84 Å². The van der Waals surface area contributed by atoms with E-state index in [2.05, 4.69) is 0 Å². The topological polar surface area (TPSA) is 49.8 Å². The second kappa shape index (κ2) is 6.86. The number of carbonyl (C=O) groups is 1. The maximum atomic E-state index is 12.0. The van der Waals surface area contributed by atoms with E-state index >= 15 is 0 Å². The van der Waals surface area contributed by atoms with Crippen LogP contribution in [0.15, 0.2) is 0 Å². The minimum atomic E-state index is -0.334. The van der Waals surface area contributed by atoms with Crippen molar-refractivity contribution in [1.29, 1.82) is 0 Å². The molecule has 2 unspecified atom stereocenters. The van der Waals surface area contributed by atoms with Crippen LogP contribution in [0.2, 0.25) is 0 Å². The summed E-state index contributed by atoms with van der Waals surface area (Å²) < 4.78 is 5.33. The summed E-state index contributed by atoms with van der Waals surface area (Å²) in [4.78, 5) is 14.0. The minimum absolute atomic E-state index is 0.0993. The molecular weight excluding hydrogens is 206 g/mol. The van der Waals surface area contributed by atoms with Gasteiger partial charge in [0.1, 0.15) is 6.10 Å². The summed E-state index contributed by atoms with van der Waals surface area (Å²) in [5.74, 6) is 0.0993. The average molecular weight is 229 g/mol. The van der Waals surface area contributed by atoms with E-state index in [-0.39, 0.29) is 18.6 Å². The van der Waals surface area contributed by atoms with Crippen molar-refractivity contribution in [3.63, 3.8) is 0 Å². The van der Waals surface area contributed by atoms with Crippen molar-refractivity contribution in [1.82, 2.24) is 4.90 Å². The second-order valence-corrected chi connectivity index (χ2v) is 4.29. The van der Waals surface area contributed by atoms with Crippen LogP contribution in [0, 0.1) is 0 Å². The number of nitrogens with zero attached hydrogens (tertiary/aromatic N) is 1. The molecule has 1 aliphatic heterocycles. The highest BCUT2D eigenvalue weighted by Crippen LogP contribution is 2.22. The smallest absolute Gasteiger partial charge is 0.251 e. The maximum Gasteiger partial charge on any atom is 0.251 e. The van der Waals surface area contributed by atoms with Gasteiger partial charge in [0.2, 0.25) is 0 Å². The van der Waals surface area contributed by atoms with Gasteiger partial charge in [-0.15, -0.1) is 0 Å². The quantitative estimate of drug-likeness (QED) is 0.744. The molecule has 0 aromatic rings. The summed E-state index contributed by atoms with van der Waals surface area (Å²) in [6, 6.07) is 0.308. The van der Waals surface area contributed by atoms with Gasteiger partial charge in [-0.25, -0.2) is 0 Å². The molecule has 1 N–H and O–H groups in total. The molecule has 16 heavy (non-hydrogen) atoms. The van der Waals surface area contributed by atoms with Gasteiger partial charge in [0.25, 0.3) is 5.91 Å². The Bertz CT molecular complexity index is 220. The first kappa shape index (κ1) is 13.5. The molecule has 0 aromatic carbocycles. The zero-order valence-electron chi connectivity index (χ0n) is 10.3. The van der Waals surface area contributed by atoms with Crippen molar-refractivity contribution in [2.24, 2.45) is 0 Å². The first-order valence-electron chi connectivity index (χ1n) is 6.23. The molecule has 1 amide bonds. The number of hydrogen-bond donors (Lipinski definition) is 1. The van der Waals surface area contributed by atoms with E-state index in [1.165, 1.54) is 0 Å². The summed E-state index contributed by atoms with van der Waals surface area (Å²) in [6.07, 6.45) is 3.48. The highest BCUT2D eigenvalue weighted by Gasteiger charge is 2.30. The molecule has 4 heteroatoms. The Balaban J connectivity index is 2.46. The molecule has 0 saturated carbocycles. The van der Waals surface area contributed by atoms with E-state index in [1.54, 1.807) is 0 Å². The molecule has 2 atom stereocenters. The predicted octanol–water partition coefficient (Wildman–Crippen LogP) is 1.17. The van der Waals surface area contributed by atoms with E-state index in [0.717, 1.165) is 32.2 Å². The lowest BCUT2D eigenvalue weighted by molar-refractivity contribution is -0.143. The number of rotatable bonds is 6. The fraction of sp³-hybridized carbons (Fsp3) is 0.917. The number of carbonyl (C=O) groups excluding carboxylic acids is 1. The van der Waals surface area contributed by atoms with Crippen LogP contribution in [0.5, 0.6) is 0 Å². The van der Waals surface area contributed by atoms with Crippen molar-refractivity contribution in [2.75, 3.05) is 19.8 Å². The molecule has 0 bridgehead atoms. The number of aliphatic hydroxyl groups excluding tert-OH is 1. The van der Waals surface area contributed by atoms with Crippen LogP contribution in [0.4, 0.5) is 0 Å². The highest BCUT2D eigenvalue weighted by molar-refractivity contribution is 5.81. The van der Waals surface area contributed by atoms with Crippen LogP contribution in [0.25, 0.3) is 0 Å². The zero-order valence-corrected chi connectivity index (χ0v) is 10.3. The third-order valence-corrected chi connectivity index (χ3v) is 3.12. The Morgan fingerprint density at radius 2 is 2.38 bits per heavy atom. The molecule has 1 rings (SSSR count). The van der Waals surface area contributed by atoms with Crippen LogP contribution in [-0.2, 0) is 9.53 Å². The van der Waals surface area contributed by atoms with E-state index < -0.39 is 0 Å². The molecular formula is C12H23NO3. The van der Waals surface area contributed by atoms with E-state index in [1.807, 2.05) is 18.7 Å². The fourth-order valence-electron chi connectivity index (χ4n) is 2.31. The van der Waals surface area contributed by atoms with Crippen LogP contribution in [0.3, 0.4) is 0 Å². The van der Waals surface area contributed by atoms with Gasteiger partial charge in [-0.3, -0.25) is 4.79 Å². The normalized spacial score (nSPS) is 22.4. The van der Waals surface area contributed by atoms with Gasteiger partial charge in [-0.1, -0.05) is 0 Å². The van der Waals surface area contributed by atoms with Gasteiger partial charge in [-0.2, -0.15) is 0 Å². The van der Waals surface area contributed by atoms with Gasteiger partial charge in [-0.05, 0) is 39.5 Å².